The number of carbonyl (C=O) groups excluding carboxylic acids is 1. The zero-order valence-corrected chi connectivity index (χ0v) is 18.3. The fourth-order valence-corrected chi connectivity index (χ4v) is 5.16. The first-order valence-electron chi connectivity index (χ1n) is 9.89. The van der Waals surface area contributed by atoms with Crippen LogP contribution in [0.25, 0.3) is 16.8 Å². The largest absolute Gasteiger partial charge is 0.497 e. The van der Waals surface area contributed by atoms with Crippen LogP contribution in [0, 0.1) is 11.3 Å². The molecule has 0 saturated heterocycles. The summed E-state index contributed by atoms with van der Waals surface area (Å²) >= 11 is 0. The van der Waals surface area contributed by atoms with E-state index in [1.165, 1.54) is 17.5 Å². The van der Waals surface area contributed by atoms with Gasteiger partial charge in [-0.15, -0.1) is 0 Å². The van der Waals surface area contributed by atoms with E-state index in [4.69, 9.17) is 9.47 Å². The standard InChI is InChI=1S/C24H20N2O5S/c1-3-31-24(27)23-13-20-12-21(30-2)8-9-22(20)26(32(23,28)29)15-17-5-7-18-6-4-16(14-25)10-19(18)11-17/h4-13H,3,15H2,1-2H3. The SMILES string of the molecule is CCOC(=O)C1=Cc2cc(OC)ccc2N(Cc2ccc3ccc(C#N)cc3c2)S1(=O)=O. The minimum Gasteiger partial charge on any atom is -0.497 e. The minimum atomic E-state index is -4.16. The lowest BCUT2D eigenvalue weighted by Crippen LogP contribution is -2.36. The highest BCUT2D eigenvalue weighted by Gasteiger charge is 2.37. The number of nitriles is 1. The van der Waals surface area contributed by atoms with E-state index >= 15 is 0 Å². The Balaban J connectivity index is 1.82. The second kappa shape index (κ2) is 8.36. The monoisotopic (exact) mass is 448 g/mol. The van der Waals surface area contributed by atoms with Crippen LogP contribution in [0.1, 0.15) is 23.6 Å². The molecule has 0 bridgehead atoms. The maximum absolute atomic E-state index is 13.4. The summed E-state index contributed by atoms with van der Waals surface area (Å²) in [5.74, 6) is -0.361. The van der Waals surface area contributed by atoms with Crippen LogP contribution in [0.2, 0.25) is 0 Å². The number of methoxy groups -OCH3 is 1. The fraction of sp³-hybridized carbons (Fsp3) is 0.167. The Morgan fingerprint density at radius 2 is 1.84 bits per heavy atom. The van der Waals surface area contributed by atoms with Gasteiger partial charge in [-0.05, 0) is 65.7 Å². The van der Waals surface area contributed by atoms with Crippen LogP contribution in [0.15, 0.2) is 59.5 Å². The third-order valence-electron chi connectivity index (χ3n) is 5.19. The number of nitrogens with zero attached hydrogens (tertiary/aromatic N) is 2. The summed E-state index contributed by atoms with van der Waals surface area (Å²) in [4.78, 5) is 12.0. The quantitative estimate of drug-likeness (QED) is 0.548. The summed E-state index contributed by atoms with van der Waals surface area (Å²) in [5.41, 5.74) is 2.20. The maximum atomic E-state index is 13.4. The van der Waals surface area contributed by atoms with Crippen LogP contribution in [0.4, 0.5) is 5.69 Å². The van der Waals surface area contributed by atoms with Crippen LogP contribution in [0.3, 0.4) is 0 Å². The lowest BCUT2D eigenvalue weighted by molar-refractivity contribution is -0.137. The number of ether oxygens (including phenoxy) is 2. The van der Waals surface area contributed by atoms with E-state index in [-0.39, 0.29) is 13.2 Å². The molecule has 3 aromatic carbocycles. The van der Waals surface area contributed by atoms with E-state index in [1.807, 2.05) is 24.3 Å². The van der Waals surface area contributed by atoms with Gasteiger partial charge in [0.05, 0.1) is 37.6 Å². The molecule has 0 N–H and O–H groups in total. The maximum Gasteiger partial charge on any atom is 0.351 e. The molecule has 1 aliphatic rings. The van der Waals surface area contributed by atoms with E-state index in [0.717, 1.165) is 10.8 Å². The molecule has 0 saturated carbocycles. The molecule has 1 aliphatic heterocycles. The van der Waals surface area contributed by atoms with E-state index in [9.17, 15) is 18.5 Å². The van der Waals surface area contributed by atoms with Crippen LogP contribution in [-0.2, 0) is 26.1 Å². The van der Waals surface area contributed by atoms with Crippen LogP contribution in [-0.4, -0.2) is 28.1 Å². The highest BCUT2D eigenvalue weighted by Crippen LogP contribution is 2.38. The molecule has 4 rings (SSSR count). The van der Waals surface area contributed by atoms with Crippen LogP contribution < -0.4 is 9.04 Å². The molecule has 0 unspecified atom stereocenters. The Morgan fingerprint density at radius 1 is 1.06 bits per heavy atom. The Labute approximate surface area is 186 Å². The summed E-state index contributed by atoms with van der Waals surface area (Å²) < 4.78 is 38.2. The van der Waals surface area contributed by atoms with Gasteiger partial charge in [0.2, 0.25) is 0 Å². The lowest BCUT2D eigenvalue weighted by Gasteiger charge is -2.30. The minimum absolute atomic E-state index is 0.00509. The Hall–Kier alpha value is -3.83. The van der Waals surface area contributed by atoms with Crippen molar-refractivity contribution in [1.29, 1.82) is 5.26 Å². The van der Waals surface area contributed by atoms with E-state index in [1.54, 1.807) is 37.3 Å². The van der Waals surface area contributed by atoms with Gasteiger partial charge >= 0.3 is 5.97 Å². The van der Waals surface area contributed by atoms with Crippen molar-refractivity contribution in [3.8, 4) is 11.8 Å². The van der Waals surface area contributed by atoms with Crippen molar-refractivity contribution in [2.45, 2.75) is 13.5 Å². The predicted octanol–water partition coefficient (Wildman–Crippen LogP) is 3.97. The summed E-state index contributed by atoms with van der Waals surface area (Å²) in [6, 6.07) is 18.0. The second-order valence-corrected chi connectivity index (χ2v) is 9.00. The molecule has 0 atom stereocenters. The normalized spacial score (nSPS) is 14.3. The van der Waals surface area contributed by atoms with Crippen molar-refractivity contribution in [2.75, 3.05) is 18.0 Å². The number of esters is 1. The molecule has 0 amide bonds. The van der Waals surface area contributed by atoms with E-state index in [2.05, 4.69) is 6.07 Å². The molecular weight excluding hydrogens is 428 g/mol. The van der Waals surface area contributed by atoms with Crippen molar-refractivity contribution in [1.82, 2.24) is 0 Å². The first-order valence-corrected chi connectivity index (χ1v) is 11.3. The van der Waals surface area contributed by atoms with Crippen molar-refractivity contribution in [3.05, 3.63) is 76.2 Å². The van der Waals surface area contributed by atoms with Crippen molar-refractivity contribution >= 4 is 38.5 Å². The van der Waals surface area contributed by atoms with Crippen molar-refractivity contribution in [3.63, 3.8) is 0 Å². The molecule has 0 aliphatic carbocycles. The molecule has 32 heavy (non-hydrogen) atoms. The summed E-state index contributed by atoms with van der Waals surface area (Å²) in [7, 11) is -2.64. The summed E-state index contributed by atoms with van der Waals surface area (Å²) in [6.07, 6.45) is 1.32. The highest BCUT2D eigenvalue weighted by atomic mass is 32.2. The van der Waals surface area contributed by atoms with Gasteiger partial charge in [-0.2, -0.15) is 5.26 Å². The second-order valence-electron chi connectivity index (χ2n) is 7.17. The number of anilines is 1. The fourth-order valence-electron chi connectivity index (χ4n) is 3.63. The number of carbonyl (C=O) groups is 1. The number of hydrogen-bond donors (Lipinski definition) is 0. The first-order chi connectivity index (χ1) is 15.4. The van der Waals surface area contributed by atoms with Gasteiger partial charge in [-0.1, -0.05) is 18.2 Å². The topological polar surface area (TPSA) is 96.7 Å². The number of benzene rings is 3. The molecule has 0 spiro atoms. The number of hydrogen-bond acceptors (Lipinski definition) is 6. The lowest BCUT2D eigenvalue weighted by atomic mass is 10.0. The van der Waals surface area contributed by atoms with Crippen molar-refractivity contribution < 1.29 is 22.7 Å². The van der Waals surface area contributed by atoms with E-state index < -0.39 is 20.9 Å². The molecule has 162 valence electrons. The average molecular weight is 449 g/mol. The van der Waals surface area contributed by atoms with Gasteiger partial charge in [-0.3, -0.25) is 4.31 Å². The zero-order valence-electron chi connectivity index (χ0n) is 17.5. The Kier molecular flexibility index (Phi) is 5.59. The third-order valence-corrected chi connectivity index (χ3v) is 6.94. The number of fused-ring (bicyclic) bond motifs is 2. The molecule has 0 radical (unpaired) electrons. The molecule has 7 nitrogen and oxygen atoms in total. The highest BCUT2D eigenvalue weighted by molar-refractivity contribution is 7.97. The third kappa shape index (κ3) is 3.79. The van der Waals surface area contributed by atoms with Gasteiger partial charge in [-0.25, -0.2) is 13.2 Å². The Morgan fingerprint density at radius 3 is 2.56 bits per heavy atom. The van der Waals surface area contributed by atoms with Gasteiger partial charge < -0.3 is 9.47 Å². The molecule has 1 heterocycles. The summed E-state index contributed by atoms with van der Waals surface area (Å²) in [5, 5.41) is 10.9. The predicted molar refractivity (Wildman–Crippen MR) is 121 cm³/mol. The molecule has 8 heteroatoms. The van der Waals surface area contributed by atoms with Gasteiger partial charge in [0.25, 0.3) is 10.0 Å². The van der Waals surface area contributed by atoms with Crippen molar-refractivity contribution in [2.24, 2.45) is 0 Å². The van der Waals surface area contributed by atoms with E-state index in [0.29, 0.717) is 28.1 Å². The van der Waals surface area contributed by atoms with Crippen LogP contribution >= 0.6 is 0 Å². The first kappa shape index (κ1) is 21.4. The van der Waals surface area contributed by atoms with Gasteiger partial charge in [0.1, 0.15) is 5.75 Å². The average Bonchev–Trinajstić information content (AvgIpc) is 2.79. The van der Waals surface area contributed by atoms with Gasteiger partial charge in [0, 0.05) is 5.56 Å². The van der Waals surface area contributed by atoms with Crippen LogP contribution in [0.5, 0.6) is 5.75 Å². The number of rotatable bonds is 5. The smallest absolute Gasteiger partial charge is 0.351 e. The van der Waals surface area contributed by atoms with Gasteiger partial charge in [0.15, 0.2) is 4.91 Å². The zero-order chi connectivity index (χ0) is 22.9. The molecular formula is C24H20N2O5S. The molecule has 0 fully saturated rings. The molecule has 3 aromatic rings. The molecule has 0 aromatic heterocycles. The number of sulfonamides is 1. The Bertz CT molecular complexity index is 1400. The summed E-state index contributed by atoms with van der Waals surface area (Å²) in [6.45, 7) is 1.68.